The lowest BCUT2D eigenvalue weighted by Gasteiger charge is -2.23. The molecule has 1 aromatic carbocycles. The van der Waals surface area contributed by atoms with Gasteiger partial charge in [-0.3, -0.25) is 0 Å². The molecule has 0 unspecified atom stereocenters. The average Bonchev–Trinajstić information content (AvgIpc) is 2.42. The summed E-state index contributed by atoms with van der Waals surface area (Å²) < 4.78 is 27.0. The molecule has 0 aliphatic rings. The first-order valence-corrected chi connectivity index (χ1v) is 8.63. The molecule has 0 aliphatic carbocycles. The SMILES string of the molecule is C=C(C)CN(CCC(=C)C(=C)C)S(=O)(=O)c1ccc(C)cc1. The van der Waals surface area contributed by atoms with Crippen molar-refractivity contribution in [3.63, 3.8) is 0 Å². The van der Waals surface area contributed by atoms with Crippen LogP contribution in [-0.2, 0) is 10.0 Å². The Hall–Kier alpha value is -1.65. The molecule has 1 rings (SSSR count). The number of nitrogens with zero attached hydrogens (tertiary/aromatic N) is 1. The maximum Gasteiger partial charge on any atom is 0.243 e. The lowest BCUT2D eigenvalue weighted by atomic mass is 10.1. The molecule has 0 spiro atoms. The second kappa shape index (κ2) is 7.56. The number of allylic oxidation sites excluding steroid dienone is 1. The van der Waals surface area contributed by atoms with Crippen LogP contribution >= 0.6 is 0 Å². The number of rotatable bonds is 8. The zero-order valence-electron chi connectivity index (χ0n) is 13.7. The minimum atomic E-state index is -3.53. The fraction of sp³-hybridized carbons (Fsp3) is 0.333. The third-order valence-electron chi connectivity index (χ3n) is 3.37. The van der Waals surface area contributed by atoms with Crippen LogP contribution in [0.5, 0.6) is 0 Å². The Kier molecular flexibility index (Phi) is 6.33. The maximum absolute atomic E-state index is 12.8. The standard InChI is InChI=1S/C18H25NO2S/c1-14(2)13-19(12-11-17(6)15(3)4)22(20,21)18-9-7-16(5)8-10-18/h7-10H,1,3,6,11-13H2,2,4-5H3. The highest BCUT2D eigenvalue weighted by Gasteiger charge is 2.24. The van der Waals surface area contributed by atoms with E-state index < -0.39 is 10.0 Å². The largest absolute Gasteiger partial charge is 0.243 e. The third-order valence-corrected chi connectivity index (χ3v) is 5.23. The normalized spacial score (nSPS) is 11.5. The van der Waals surface area contributed by atoms with Gasteiger partial charge in [0.05, 0.1) is 4.90 Å². The van der Waals surface area contributed by atoms with Crippen molar-refractivity contribution in [2.75, 3.05) is 13.1 Å². The van der Waals surface area contributed by atoms with Crippen molar-refractivity contribution < 1.29 is 8.42 Å². The summed E-state index contributed by atoms with van der Waals surface area (Å²) in [7, 11) is -3.53. The van der Waals surface area contributed by atoms with Gasteiger partial charge in [0.1, 0.15) is 0 Å². The van der Waals surface area contributed by atoms with Crippen LogP contribution in [0.15, 0.2) is 65.6 Å². The van der Waals surface area contributed by atoms with Crippen molar-refractivity contribution in [1.82, 2.24) is 4.31 Å². The number of hydrogen-bond donors (Lipinski definition) is 0. The highest BCUT2D eigenvalue weighted by molar-refractivity contribution is 7.89. The lowest BCUT2D eigenvalue weighted by molar-refractivity contribution is 0.439. The van der Waals surface area contributed by atoms with Crippen LogP contribution in [0.1, 0.15) is 25.8 Å². The first kappa shape index (κ1) is 18.4. The van der Waals surface area contributed by atoms with E-state index in [1.54, 1.807) is 24.3 Å². The van der Waals surface area contributed by atoms with Gasteiger partial charge in [0, 0.05) is 13.1 Å². The Labute approximate surface area is 134 Å². The highest BCUT2D eigenvalue weighted by atomic mass is 32.2. The van der Waals surface area contributed by atoms with Gasteiger partial charge >= 0.3 is 0 Å². The van der Waals surface area contributed by atoms with Gasteiger partial charge in [-0.15, -0.1) is 0 Å². The van der Waals surface area contributed by atoms with E-state index in [4.69, 9.17) is 0 Å². The van der Waals surface area contributed by atoms with E-state index in [9.17, 15) is 8.42 Å². The van der Waals surface area contributed by atoms with E-state index in [0.29, 0.717) is 24.4 Å². The van der Waals surface area contributed by atoms with E-state index in [0.717, 1.165) is 22.3 Å². The maximum atomic E-state index is 12.8. The van der Waals surface area contributed by atoms with Gasteiger partial charge in [-0.2, -0.15) is 4.31 Å². The molecule has 3 nitrogen and oxygen atoms in total. The summed E-state index contributed by atoms with van der Waals surface area (Å²) in [5.74, 6) is 0. The molecule has 0 amide bonds. The summed E-state index contributed by atoms with van der Waals surface area (Å²) in [5.41, 5.74) is 3.58. The summed E-state index contributed by atoms with van der Waals surface area (Å²) in [4.78, 5) is 0.306. The number of benzene rings is 1. The topological polar surface area (TPSA) is 37.4 Å². The third kappa shape index (κ3) is 4.97. The van der Waals surface area contributed by atoms with Crippen LogP contribution in [0.4, 0.5) is 0 Å². The van der Waals surface area contributed by atoms with Gasteiger partial charge in [-0.25, -0.2) is 8.42 Å². The van der Waals surface area contributed by atoms with E-state index in [1.165, 1.54) is 4.31 Å². The molecule has 4 heteroatoms. The zero-order valence-corrected chi connectivity index (χ0v) is 14.5. The smallest absolute Gasteiger partial charge is 0.207 e. The number of aryl methyl sites for hydroxylation is 1. The van der Waals surface area contributed by atoms with Gasteiger partial charge in [0.15, 0.2) is 0 Å². The van der Waals surface area contributed by atoms with Gasteiger partial charge in [0.25, 0.3) is 0 Å². The molecular formula is C18H25NO2S. The highest BCUT2D eigenvalue weighted by Crippen LogP contribution is 2.19. The molecule has 0 heterocycles. The van der Waals surface area contributed by atoms with Gasteiger partial charge in [-0.05, 0) is 39.3 Å². The van der Waals surface area contributed by atoms with Crippen molar-refractivity contribution in [2.24, 2.45) is 0 Å². The van der Waals surface area contributed by atoms with Crippen molar-refractivity contribution in [3.8, 4) is 0 Å². The Morgan fingerprint density at radius 3 is 2.09 bits per heavy atom. The average molecular weight is 319 g/mol. The summed E-state index contributed by atoms with van der Waals surface area (Å²) in [6.45, 7) is 17.9. The van der Waals surface area contributed by atoms with Crippen molar-refractivity contribution in [1.29, 1.82) is 0 Å². The molecule has 0 N–H and O–H groups in total. The van der Waals surface area contributed by atoms with Gasteiger partial charge in [-0.1, -0.05) is 54.2 Å². The predicted molar refractivity (Wildman–Crippen MR) is 93.3 cm³/mol. The Morgan fingerprint density at radius 2 is 1.64 bits per heavy atom. The number of sulfonamides is 1. The molecule has 1 aromatic rings. The lowest BCUT2D eigenvalue weighted by Crippen LogP contribution is -2.33. The molecule has 0 saturated carbocycles. The van der Waals surface area contributed by atoms with Crippen molar-refractivity contribution in [3.05, 3.63) is 66.3 Å². The fourth-order valence-corrected chi connectivity index (χ4v) is 3.42. The van der Waals surface area contributed by atoms with Crippen LogP contribution in [-0.4, -0.2) is 25.8 Å². The van der Waals surface area contributed by atoms with E-state index in [-0.39, 0.29) is 0 Å². The van der Waals surface area contributed by atoms with E-state index >= 15 is 0 Å². The molecule has 120 valence electrons. The summed E-state index contributed by atoms with van der Waals surface area (Å²) in [6, 6.07) is 6.89. The molecule has 0 bridgehead atoms. The molecule has 0 aliphatic heterocycles. The van der Waals surface area contributed by atoms with Gasteiger partial charge < -0.3 is 0 Å². The van der Waals surface area contributed by atoms with Crippen molar-refractivity contribution in [2.45, 2.75) is 32.1 Å². The Bertz CT molecular complexity index is 670. The second-order valence-electron chi connectivity index (χ2n) is 5.74. The summed E-state index contributed by atoms with van der Waals surface area (Å²) in [5, 5.41) is 0. The number of hydrogen-bond acceptors (Lipinski definition) is 2. The molecule has 0 atom stereocenters. The summed E-state index contributed by atoms with van der Waals surface area (Å²) in [6.07, 6.45) is 0.563. The first-order valence-electron chi connectivity index (χ1n) is 7.19. The molecular weight excluding hydrogens is 294 g/mol. The van der Waals surface area contributed by atoms with Crippen LogP contribution in [0.2, 0.25) is 0 Å². The first-order chi connectivity index (χ1) is 10.1. The van der Waals surface area contributed by atoms with Crippen LogP contribution < -0.4 is 0 Å². The molecule has 0 radical (unpaired) electrons. The predicted octanol–water partition coefficient (Wildman–Crippen LogP) is 4.08. The van der Waals surface area contributed by atoms with E-state index in [1.807, 2.05) is 20.8 Å². The molecule has 22 heavy (non-hydrogen) atoms. The van der Waals surface area contributed by atoms with Crippen LogP contribution in [0.25, 0.3) is 0 Å². The van der Waals surface area contributed by atoms with Gasteiger partial charge in [0.2, 0.25) is 10.0 Å². The quantitative estimate of drug-likeness (QED) is 0.535. The van der Waals surface area contributed by atoms with Crippen molar-refractivity contribution >= 4 is 10.0 Å². The zero-order chi connectivity index (χ0) is 16.9. The molecule has 0 fully saturated rings. The minimum Gasteiger partial charge on any atom is -0.207 e. The Balaban J connectivity index is 3.03. The second-order valence-corrected chi connectivity index (χ2v) is 7.68. The molecule has 0 saturated heterocycles. The monoisotopic (exact) mass is 319 g/mol. The minimum absolute atomic E-state index is 0.305. The Morgan fingerprint density at radius 1 is 1.09 bits per heavy atom. The summed E-state index contributed by atoms with van der Waals surface area (Å²) >= 11 is 0. The molecule has 0 aromatic heterocycles. The van der Waals surface area contributed by atoms with Crippen LogP contribution in [0, 0.1) is 6.92 Å². The van der Waals surface area contributed by atoms with Crippen LogP contribution in [0.3, 0.4) is 0 Å². The fourth-order valence-electron chi connectivity index (χ4n) is 1.92. The van der Waals surface area contributed by atoms with E-state index in [2.05, 4.69) is 19.7 Å².